The minimum absolute atomic E-state index is 0.00208. The molecule has 1 aliphatic heterocycles. The van der Waals surface area contributed by atoms with Crippen LogP contribution in [0.2, 0.25) is 5.28 Å². The van der Waals surface area contributed by atoms with E-state index in [0.29, 0.717) is 13.0 Å². The minimum atomic E-state index is -3.63. The number of aliphatic hydroxyl groups is 1. The molecule has 0 amide bonds. The van der Waals surface area contributed by atoms with Crippen LogP contribution < -0.4 is 0 Å². The summed E-state index contributed by atoms with van der Waals surface area (Å²) in [6.07, 6.45) is 3.78. The highest BCUT2D eigenvalue weighted by Crippen LogP contribution is 2.25. The van der Waals surface area contributed by atoms with E-state index in [0.717, 1.165) is 6.42 Å². The number of aromatic nitrogens is 2. The van der Waals surface area contributed by atoms with Crippen molar-refractivity contribution >= 4 is 21.6 Å². The van der Waals surface area contributed by atoms with Gasteiger partial charge in [-0.1, -0.05) is 0 Å². The number of nitrogens with zero attached hydrogens (tertiary/aromatic N) is 3. The van der Waals surface area contributed by atoms with Gasteiger partial charge in [-0.15, -0.1) is 0 Å². The molecule has 1 aromatic rings. The van der Waals surface area contributed by atoms with Gasteiger partial charge in [-0.3, -0.25) is 0 Å². The standard InChI is InChI=1S/C9H12ClN3O3S/c10-9-11-4-8(5-12-9)17(15,16)13-3-1-2-7(13)6-14/h4-5,7,14H,1-3,6H2. The van der Waals surface area contributed by atoms with Crippen LogP contribution in [0.25, 0.3) is 0 Å². The van der Waals surface area contributed by atoms with Crippen molar-refractivity contribution in [2.45, 2.75) is 23.8 Å². The van der Waals surface area contributed by atoms with Gasteiger partial charge in [-0.05, 0) is 24.4 Å². The normalized spacial score (nSPS) is 21.9. The van der Waals surface area contributed by atoms with Crippen LogP contribution in [-0.4, -0.2) is 47.0 Å². The smallest absolute Gasteiger partial charge is 0.246 e. The molecule has 1 saturated heterocycles. The summed E-state index contributed by atoms with van der Waals surface area (Å²) in [7, 11) is -3.63. The van der Waals surface area contributed by atoms with E-state index in [2.05, 4.69) is 9.97 Å². The van der Waals surface area contributed by atoms with E-state index in [1.807, 2.05) is 0 Å². The summed E-state index contributed by atoms with van der Waals surface area (Å²) < 4.78 is 25.7. The molecule has 6 nitrogen and oxygen atoms in total. The van der Waals surface area contributed by atoms with Crippen LogP contribution in [0.1, 0.15) is 12.8 Å². The number of rotatable bonds is 3. The van der Waals surface area contributed by atoms with Gasteiger partial charge in [0.2, 0.25) is 15.3 Å². The van der Waals surface area contributed by atoms with E-state index in [-0.39, 0.29) is 22.8 Å². The second kappa shape index (κ2) is 4.85. The zero-order valence-corrected chi connectivity index (χ0v) is 10.5. The summed E-state index contributed by atoms with van der Waals surface area (Å²) in [5.74, 6) is 0. The largest absolute Gasteiger partial charge is 0.395 e. The third-order valence-corrected chi connectivity index (χ3v) is 4.84. The van der Waals surface area contributed by atoms with Crippen molar-refractivity contribution < 1.29 is 13.5 Å². The highest BCUT2D eigenvalue weighted by atomic mass is 35.5. The molecule has 1 fully saturated rings. The zero-order chi connectivity index (χ0) is 12.5. The average molecular weight is 278 g/mol. The molecule has 1 atom stereocenters. The second-order valence-electron chi connectivity index (χ2n) is 3.78. The van der Waals surface area contributed by atoms with Gasteiger partial charge in [-0.25, -0.2) is 18.4 Å². The number of hydrogen-bond acceptors (Lipinski definition) is 5. The molecule has 17 heavy (non-hydrogen) atoms. The summed E-state index contributed by atoms with van der Waals surface area (Å²) in [4.78, 5) is 7.31. The molecule has 0 saturated carbocycles. The molecule has 0 spiro atoms. The van der Waals surface area contributed by atoms with Gasteiger partial charge < -0.3 is 5.11 Å². The maximum Gasteiger partial charge on any atom is 0.246 e. The molecular weight excluding hydrogens is 266 g/mol. The maximum absolute atomic E-state index is 12.2. The highest BCUT2D eigenvalue weighted by molar-refractivity contribution is 7.89. The fourth-order valence-electron chi connectivity index (χ4n) is 1.88. The molecule has 1 N–H and O–H groups in total. The van der Waals surface area contributed by atoms with Crippen molar-refractivity contribution in [1.82, 2.24) is 14.3 Å². The van der Waals surface area contributed by atoms with E-state index < -0.39 is 10.0 Å². The highest BCUT2D eigenvalue weighted by Gasteiger charge is 2.35. The lowest BCUT2D eigenvalue weighted by molar-refractivity contribution is 0.213. The van der Waals surface area contributed by atoms with Crippen molar-refractivity contribution in [3.63, 3.8) is 0 Å². The van der Waals surface area contributed by atoms with Crippen molar-refractivity contribution in [3.05, 3.63) is 17.7 Å². The van der Waals surface area contributed by atoms with Gasteiger partial charge in [0.1, 0.15) is 4.90 Å². The Hall–Kier alpha value is -0.760. The van der Waals surface area contributed by atoms with Gasteiger partial charge >= 0.3 is 0 Å². The molecule has 1 aliphatic rings. The maximum atomic E-state index is 12.2. The van der Waals surface area contributed by atoms with Gasteiger partial charge in [-0.2, -0.15) is 4.31 Å². The molecule has 8 heteroatoms. The lowest BCUT2D eigenvalue weighted by Crippen LogP contribution is -2.37. The lowest BCUT2D eigenvalue weighted by atomic mass is 10.2. The van der Waals surface area contributed by atoms with Crippen LogP contribution in [0, 0.1) is 0 Å². The molecule has 0 aromatic carbocycles. The topological polar surface area (TPSA) is 83.4 Å². The Labute approximate surface area is 104 Å². The third kappa shape index (κ3) is 2.42. The molecule has 0 bridgehead atoms. The first-order chi connectivity index (χ1) is 8.05. The molecule has 1 aromatic heterocycles. The predicted octanol–water partition coefficient (Wildman–Crippen LogP) is 0.275. The average Bonchev–Trinajstić information content (AvgIpc) is 2.78. The summed E-state index contributed by atoms with van der Waals surface area (Å²) >= 11 is 5.51. The van der Waals surface area contributed by atoms with Gasteiger partial charge in [0, 0.05) is 12.6 Å². The summed E-state index contributed by atoms with van der Waals surface area (Å²) in [6.45, 7) is 0.240. The van der Waals surface area contributed by atoms with Gasteiger partial charge in [0.15, 0.2) is 0 Å². The lowest BCUT2D eigenvalue weighted by Gasteiger charge is -2.21. The van der Waals surface area contributed by atoms with E-state index >= 15 is 0 Å². The quantitative estimate of drug-likeness (QED) is 0.802. The molecule has 0 radical (unpaired) electrons. The first kappa shape index (κ1) is 12.7. The summed E-state index contributed by atoms with van der Waals surface area (Å²) in [5.41, 5.74) is 0. The summed E-state index contributed by atoms with van der Waals surface area (Å²) in [6, 6.07) is -0.351. The Balaban J connectivity index is 2.33. The number of sulfonamides is 1. The van der Waals surface area contributed by atoms with Gasteiger partial charge in [0.05, 0.1) is 19.0 Å². The molecule has 2 heterocycles. The zero-order valence-electron chi connectivity index (χ0n) is 8.95. The van der Waals surface area contributed by atoms with E-state index in [1.165, 1.54) is 16.7 Å². The third-order valence-electron chi connectivity index (χ3n) is 2.74. The van der Waals surface area contributed by atoms with Crippen molar-refractivity contribution in [2.75, 3.05) is 13.2 Å². The Morgan fingerprint density at radius 1 is 1.47 bits per heavy atom. The Kier molecular flexibility index (Phi) is 3.62. The van der Waals surface area contributed by atoms with Crippen LogP contribution in [0.4, 0.5) is 0 Å². The minimum Gasteiger partial charge on any atom is -0.395 e. The fourth-order valence-corrected chi connectivity index (χ4v) is 3.55. The summed E-state index contributed by atoms with van der Waals surface area (Å²) in [5, 5.41) is 9.14. The van der Waals surface area contributed by atoms with Crippen molar-refractivity contribution in [1.29, 1.82) is 0 Å². The molecular formula is C9H12ClN3O3S. The monoisotopic (exact) mass is 277 g/mol. The fraction of sp³-hybridized carbons (Fsp3) is 0.556. The van der Waals surface area contributed by atoms with Crippen LogP contribution in [0.3, 0.4) is 0 Å². The van der Waals surface area contributed by atoms with Gasteiger partial charge in [0.25, 0.3) is 0 Å². The Bertz CT molecular complexity index is 491. The van der Waals surface area contributed by atoms with Crippen molar-refractivity contribution in [3.8, 4) is 0 Å². The molecule has 0 aliphatic carbocycles. The second-order valence-corrected chi connectivity index (χ2v) is 6.01. The SMILES string of the molecule is O=S(=O)(c1cnc(Cl)nc1)N1CCCC1CO. The van der Waals surface area contributed by atoms with E-state index in [4.69, 9.17) is 16.7 Å². The molecule has 1 unspecified atom stereocenters. The van der Waals surface area contributed by atoms with E-state index in [1.54, 1.807) is 0 Å². The number of hydrogen-bond donors (Lipinski definition) is 1. The first-order valence-electron chi connectivity index (χ1n) is 5.16. The van der Waals surface area contributed by atoms with Crippen LogP contribution in [-0.2, 0) is 10.0 Å². The Morgan fingerprint density at radius 3 is 2.71 bits per heavy atom. The molecule has 94 valence electrons. The predicted molar refractivity (Wildman–Crippen MR) is 61.0 cm³/mol. The molecule has 2 rings (SSSR count). The van der Waals surface area contributed by atoms with Crippen molar-refractivity contribution in [2.24, 2.45) is 0 Å². The number of halogens is 1. The van der Waals surface area contributed by atoms with Crippen LogP contribution >= 0.6 is 11.6 Å². The van der Waals surface area contributed by atoms with Crippen LogP contribution in [0.5, 0.6) is 0 Å². The number of aliphatic hydroxyl groups excluding tert-OH is 1. The Morgan fingerprint density at radius 2 is 2.12 bits per heavy atom. The first-order valence-corrected chi connectivity index (χ1v) is 6.98. The van der Waals surface area contributed by atoms with Crippen LogP contribution in [0.15, 0.2) is 17.3 Å². The van der Waals surface area contributed by atoms with E-state index in [9.17, 15) is 8.42 Å².